The molecule has 0 fully saturated rings. The third kappa shape index (κ3) is 6.00. The summed E-state index contributed by atoms with van der Waals surface area (Å²) in [4.78, 5) is 4.79. The van der Waals surface area contributed by atoms with Gasteiger partial charge in [-0.1, -0.05) is 48.0 Å². The van der Waals surface area contributed by atoms with E-state index in [1.54, 1.807) is 48.5 Å². The SMILES string of the molecule is COc1ccc(S(=O)(=O)N[C@@H](c2cc3cccc(-c4cc([C@](C)(O)C(F)(F)F)ccn4)c3s2)c2ccccc2Cl)cc1OC. The van der Waals surface area contributed by atoms with Crippen LogP contribution in [0.1, 0.15) is 29.0 Å². The van der Waals surface area contributed by atoms with Gasteiger partial charge in [-0.15, -0.1) is 11.3 Å². The summed E-state index contributed by atoms with van der Waals surface area (Å²) in [6.07, 6.45) is -3.69. The number of sulfonamides is 1. The largest absolute Gasteiger partial charge is 0.493 e. The molecule has 3 aromatic carbocycles. The second-order valence-corrected chi connectivity index (χ2v) is 13.2. The van der Waals surface area contributed by atoms with Gasteiger partial charge in [0.15, 0.2) is 17.1 Å². The van der Waals surface area contributed by atoms with Gasteiger partial charge < -0.3 is 14.6 Å². The van der Waals surface area contributed by atoms with E-state index in [1.807, 2.05) is 0 Å². The number of hydrogen-bond acceptors (Lipinski definition) is 7. The molecule has 0 spiro atoms. The first-order valence-corrected chi connectivity index (χ1v) is 15.7. The highest BCUT2D eigenvalue weighted by Gasteiger charge is 2.51. The Balaban J connectivity index is 1.62. The summed E-state index contributed by atoms with van der Waals surface area (Å²) < 4.78 is 82.1. The number of ether oxygens (including phenoxy) is 2. The number of aromatic nitrogens is 1. The van der Waals surface area contributed by atoms with Gasteiger partial charge >= 0.3 is 6.18 Å². The second kappa shape index (κ2) is 12.0. The molecule has 0 amide bonds. The predicted octanol–water partition coefficient (Wildman–Crippen LogP) is 7.47. The van der Waals surface area contributed by atoms with Crippen LogP contribution >= 0.6 is 22.9 Å². The van der Waals surface area contributed by atoms with E-state index in [0.717, 1.165) is 6.07 Å². The molecule has 0 bridgehead atoms. The van der Waals surface area contributed by atoms with E-state index < -0.39 is 27.8 Å². The molecule has 5 aromatic rings. The van der Waals surface area contributed by atoms with E-state index in [0.29, 0.717) is 43.8 Å². The molecule has 0 saturated carbocycles. The summed E-state index contributed by atoms with van der Waals surface area (Å²) in [5, 5.41) is 11.3. The number of hydrogen-bond donors (Lipinski definition) is 2. The third-order valence-electron chi connectivity index (χ3n) is 7.15. The van der Waals surface area contributed by atoms with Crippen molar-refractivity contribution in [1.29, 1.82) is 0 Å². The molecule has 44 heavy (non-hydrogen) atoms. The molecule has 0 saturated heterocycles. The Kier molecular flexibility index (Phi) is 8.67. The fourth-order valence-corrected chi connectivity index (χ4v) is 7.44. The van der Waals surface area contributed by atoms with E-state index >= 15 is 0 Å². The van der Waals surface area contributed by atoms with Gasteiger partial charge in [0.25, 0.3) is 0 Å². The van der Waals surface area contributed by atoms with Crippen LogP contribution in [-0.4, -0.2) is 38.9 Å². The number of aliphatic hydroxyl groups is 1. The minimum atomic E-state index is -4.90. The lowest BCUT2D eigenvalue weighted by Crippen LogP contribution is -2.39. The number of alkyl halides is 3. The smallest absolute Gasteiger partial charge is 0.421 e. The number of pyridine rings is 1. The molecule has 230 valence electrons. The Hall–Kier alpha value is -3.68. The number of thiophene rings is 1. The second-order valence-electron chi connectivity index (χ2n) is 9.97. The van der Waals surface area contributed by atoms with Crippen LogP contribution in [0, 0.1) is 0 Å². The molecule has 0 aliphatic carbocycles. The van der Waals surface area contributed by atoms with Crippen molar-refractivity contribution in [2.45, 2.75) is 29.6 Å². The highest BCUT2D eigenvalue weighted by Crippen LogP contribution is 2.43. The van der Waals surface area contributed by atoms with Crippen molar-refractivity contribution < 1.29 is 36.2 Å². The number of nitrogens with zero attached hydrogens (tertiary/aromatic N) is 1. The zero-order valence-electron chi connectivity index (χ0n) is 23.5. The van der Waals surface area contributed by atoms with Crippen molar-refractivity contribution in [3.63, 3.8) is 0 Å². The zero-order chi connectivity index (χ0) is 31.9. The molecule has 0 unspecified atom stereocenters. The maximum absolute atomic E-state index is 13.7. The van der Waals surface area contributed by atoms with Crippen LogP contribution in [0.5, 0.6) is 11.5 Å². The van der Waals surface area contributed by atoms with Gasteiger partial charge in [0, 0.05) is 32.4 Å². The van der Waals surface area contributed by atoms with Crippen LogP contribution in [0.15, 0.2) is 90.0 Å². The van der Waals surface area contributed by atoms with Crippen LogP contribution in [0.25, 0.3) is 21.3 Å². The fourth-order valence-electron chi connectivity index (χ4n) is 4.66. The van der Waals surface area contributed by atoms with Crippen molar-refractivity contribution in [1.82, 2.24) is 9.71 Å². The molecule has 7 nitrogen and oxygen atoms in total. The first-order chi connectivity index (χ1) is 20.8. The molecule has 2 atom stereocenters. The summed E-state index contributed by atoms with van der Waals surface area (Å²) in [5.74, 6) is 0.593. The Morgan fingerprint density at radius 3 is 2.36 bits per heavy atom. The molecule has 5 rings (SSSR count). The summed E-state index contributed by atoms with van der Waals surface area (Å²) in [6, 6.07) is 19.5. The van der Waals surface area contributed by atoms with Gasteiger partial charge in [-0.2, -0.15) is 17.9 Å². The molecule has 13 heteroatoms. The normalized spacial score (nSPS) is 14.3. The molecule has 0 aliphatic rings. The summed E-state index contributed by atoms with van der Waals surface area (Å²) in [7, 11) is -1.31. The average molecular weight is 663 g/mol. The van der Waals surface area contributed by atoms with Crippen molar-refractivity contribution in [3.8, 4) is 22.8 Å². The first kappa shape index (κ1) is 31.7. The number of rotatable bonds is 9. The molecular weight excluding hydrogens is 637 g/mol. The van der Waals surface area contributed by atoms with Gasteiger partial charge in [0.1, 0.15) is 0 Å². The zero-order valence-corrected chi connectivity index (χ0v) is 25.9. The highest BCUT2D eigenvalue weighted by atomic mass is 35.5. The van der Waals surface area contributed by atoms with Gasteiger partial charge in [-0.05, 0) is 59.8 Å². The topological polar surface area (TPSA) is 97.8 Å². The van der Waals surface area contributed by atoms with Crippen molar-refractivity contribution in [3.05, 3.63) is 106 Å². The first-order valence-electron chi connectivity index (χ1n) is 13.0. The number of nitrogens with one attached hydrogen (secondary N) is 1. The number of halogens is 4. The summed E-state index contributed by atoms with van der Waals surface area (Å²) >= 11 is 7.81. The maximum atomic E-state index is 13.7. The van der Waals surface area contributed by atoms with Crippen molar-refractivity contribution in [2.75, 3.05) is 14.2 Å². The molecule has 0 radical (unpaired) electrons. The van der Waals surface area contributed by atoms with Crippen molar-refractivity contribution in [2.24, 2.45) is 0 Å². The lowest BCUT2D eigenvalue weighted by molar-refractivity contribution is -0.258. The van der Waals surface area contributed by atoms with E-state index in [9.17, 15) is 26.7 Å². The molecule has 0 aliphatic heterocycles. The number of methoxy groups -OCH3 is 2. The molecule has 2 heterocycles. The lowest BCUT2D eigenvalue weighted by atomic mass is 9.94. The van der Waals surface area contributed by atoms with Crippen LogP contribution in [-0.2, 0) is 15.6 Å². The molecular formula is C31H26ClF3N2O5S2. The van der Waals surface area contributed by atoms with Gasteiger partial charge in [-0.25, -0.2) is 8.42 Å². The Morgan fingerprint density at radius 2 is 1.68 bits per heavy atom. The van der Waals surface area contributed by atoms with Gasteiger partial charge in [0.2, 0.25) is 10.0 Å². The van der Waals surface area contributed by atoms with E-state index in [4.69, 9.17) is 21.1 Å². The Bertz CT molecular complexity index is 1940. The molecule has 2 aromatic heterocycles. The van der Waals surface area contributed by atoms with E-state index in [1.165, 1.54) is 56.0 Å². The Morgan fingerprint density at radius 1 is 0.955 bits per heavy atom. The minimum Gasteiger partial charge on any atom is -0.493 e. The lowest BCUT2D eigenvalue weighted by Gasteiger charge is -2.26. The van der Waals surface area contributed by atoms with E-state index in [2.05, 4.69) is 9.71 Å². The Labute approximate surface area is 260 Å². The monoisotopic (exact) mass is 662 g/mol. The van der Waals surface area contributed by atoms with Crippen LogP contribution < -0.4 is 14.2 Å². The predicted molar refractivity (Wildman–Crippen MR) is 164 cm³/mol. The quantitative estimate of drug-likeness (QED) is 0.170. The maximum Gasteiger partial charge on any atom is 0.421 e. The summed E-state index contributed by atoms with van der Waals surface area (Å²) in [5.41, 5.74) is -2.23. The van der Waals surface area contributed by atoms with Crippen molar-refractivity contribution >= 4 is 43.0 Å². The van der Waals surface area contributed by atoms with Gasteiger partial charge in [0.05, 0.1) is 30.9 Å². The van der Waals surface area contributed by atoms with Crippen LogP contribution in [0.4, 0.5) is 13.2 Å². The van der Waals surface area contributed by atoms with Crippen LogP contribution in [0.3, 0.4) is 0 Å². The molecule has 2 N–H and O–H groups in total. The fraction of sp³-hybridized carbons (Fsp3) is 0.194. The average Bonchev–Trinajstić information content (AvgIpc) is 3.44. The van der Waals surface area contributed by atoms with E-state index in [-0.39, 0.29) is 21.9 Å². The van der Waals surface area contributed by atoms with Crippen LogP contribution in [0.2, 0.25) is 5.02 Å². The highest BCUT2D eigenvalue weighted by molar-refractivity contribution is 7.89. The standard InChI is InChI=1S/C31H26ClF3N2O5S2/c1-30(38,31(33,34)35)19-13-14-36-24(16-19)22-9-6-7-18-15-27(43-29(18)22)28(21-8-4-5-10-23(21)32)37-44(39,40)20-11-12-25(41-2)26(17-20)42-3/h4-17,28,37-38H,1-3H3/t28-,30+/m1/s1. The summed E-state index contributed by atoms with van der Waals surface area (Å²) in [6.45, 7) is 0.689. The number of fused-ring (bicyclic) bond motifs is 1. The third-order valence-corrected chi connectivity index (χ3v) is 10.2. The number of benzene rings is 3. The minimum absolute atomic E-state index is 0.0632. The van der Waals surface area contributed by atoms with Gasteiger partial charge in [-0.3, -0.25) is 4.98 Å².